The van der Waals surface area contributed by atoms with Crippen LogP contribution in [0.3, 0.4) is 0 Å². The molecular formula is C25H23ClN2O2S. The summed E-state index contributed by atoms with van der Waals surface area (Å²) in [4.78, 5) is 13.7. The van der Waals surface area contributed by atoms with E-state index in [-0.39, 0.29) is 5.91 Å². The minimum absolute atomic E-state index is 0.0694. The second kappa shape index (κ2) is 9.94. The second-order valence-electron chi connectivity index (χ2n) is 7.00. The third-order valence-electron chi connectivity index (χ3n) is 4.87. The summed E-state index contributed by atoms with van der Waals surface area (Å²) < 4.78 is 7.77. The number of thioether (sulfide) groups is 1. The largest absolute Gasteiger partial charge is 0.492 e. The average Bonchev–Trinajstić information content (AvgIpc) is 3.13. The van der Waals surface area contributed by atoms with Crippen molar-refractivity contribution in [3.8, 4) is 5.75 Å². The molecule has 0 saturated carbocycles. The van der Waals surface area contributed by atoms with Crippen molar-refractivity contribution in [1.29, 1.82) is 0 Å². The van der Waals surface area contributed by atoms with Crippen molar-refractivity contribution in [1.82, 2.24) is 4.57 Å². The Labute approximate surface area is 191 Å². The summed E-state index contributed by atoms with van der Waals surface area (Å²) >= 11 is 7.89. The molecule has 0 unspecified atom stereocenters. The van der Waals surface area contributed by atoms with E-state index < -0.39 is 0 Å². The summed E-state index contributed by atoms with van der Waals surface area (Å²) in [5.41, 5.74) is 2.87. The maximum atomic E-state index is 12.6. The van der Waals surface area contributed by atoms with E-state index in [0.717, 1.165) is 26.4 Å². The van der Waals surface area contributed by atoms with Crippen LogP contribution < -0.4 is 10.1 Å². The maximum Gasteiger partial charge on any atom is 0.234 e. The van der Waals surface area contributed by atoms with Gasteiger partial charge in [0, 0.05) is 33.6 Å². The van der Waals surface area contributed by atoms with Gasteiger partial charge in [0.1, 0.15) is 5.75 Å². The minimum atomic E-state index is -0.0694. The van der Waals surface area contributed by atoms with Gasteiger partial charge in [-0.25, -0.2) is 0 Å². The Morgan fingerprint density at radius 2 is 1.77 bits per heavy atom. The average molecular weight is 451 g/mol. The van der Waals surface area contributed by atoms with Crippen molar-refractivity contribution in [3.05, 3.63) is 89.6 Å². The molecule has 1 amide bonds. The second-order valence-corrected chi connectivity index (χ2v) is 8.42. The van der Waals surface area contributed by atoms with Crippen LogP contribution in [0, 0.1) is 0 Å². The number of anilines is 1. The summed E-state index contributed by atoms with van der Waals surface area (Å²) in [5.74, 6) is 0.917. The van der Waals surface area contributed by atoms with E-state index in [1.165, 1.54) is 11.8 Å². The van der Waals surface area contributed by atoms with Crippen molar-refractivity contribution < 1.29 is 9.53 Å². The first-order chi connectivity index (χ1) is 15.2. The zero-order valence-corrected chi connectivity index (χ0v) is 18.7. The molecule has 4 rings (SSSR count). The van der Waals surface area contributed by atoms with Gasteiger partial charge in [0.25, 0.3) is 0 Å². The van der Waals surface area contributed by atoms with Crippen LogP contribution in [0.1, 0.15) is 12.5 Å². The van der Waals surface area contributed by atoms with Gasteiger partial charge >= 0.3 is 0 Å². The summed E-state index contributed by atoms with van der Waals surface area (Å²) in [5, 5.41) is 4.84. The lowest BCUT2D eigenvalue weighted by molar-refractivity contribution is -0.113. The third kappa shape index (κ3) is 5.06. The number of carbonyl (C=O) groups excluding carboxylic acids is 1. The number of rotatable bonds is 8. The molecule has 0 radical (unpaired) electrons. The van der Waals surface area contributed by atoms with Gasteiger partial charge in [-0.2, -0.15) is 0 Å². The van der Waals surface area contributed by atoms with Crippen LogP contribution in [0.5, 0.6) is 5.75 Å². The van der Waals surface area contributed by atoms with Crippen molar-refractivity contribution in [2.45, 2.75) is 18.4 Å². The smallest absolute Gasteiger partial charge is 0.234 e. The number of amides is 1. The predicted molar refractivity (Wildman–Crippen MR) is 129 cm³/mol. The number of carbonyl (C=O) groups is 1. The molecule has 6 heteroatoms. The molecule has 0 atom stereocenters. The van der Waals surface area contributed by atoms with Gasteiger partial charge in [0.15, 0.2) is 0 Å². The van der Waals surface area contributed by atoms with Crippen molar-refractivity contribution in [2.75, 3.05) is 17.7 Å². The van der Waals surface area contributed by atoms with E-state index in [1.807, 2.05) is 67.6 Å². The zero-order valence-electron chi connectivity index (χ0n) is 17.2. The van der Waals surface area contributed by atoms with Gasteiger partial charge in [0.2, 0.25) is 5.91 Å². The van der Waals surface area contributed by atoms with Crippen LogP contribution in [-0.4, -0.2) is 22.8 Å². The highest BCUT2D eigenvalue weighted by atomic mass is 35.5. The number of aromatic nitrogens is 1. The molecule has 0 saturated heterocycles. The Balaban J connectivity index is 1.50. The maximum absolute atomic E-state index is 12.6. The molecular weight excluding hydrogens is 428 g/mol. The molecule has 1 heterocycles. The van der Waals surface area contributed by atoms with Gasteiger partial charge in [-0.15, -0.1) is 11.8 Å². The molecule has 31 heavy (non-hydrogen) atoms. The molecule has 4 nitrogen and oxygen atoms in total. The summed E-state index contributed by atoms with van der Waals surface area (Å²) in [6, 6.07) is 23.6. The number of halogens is 1. The first-order valence-corrected chi connectivity index (χ1v) is 11.5. The lowest BCUT2D eigenvalue weighted by Gasteiger charge is -2.11. The monoisotopic (exact) mass is 450 g/mol. The molecule has 3 aromatic carbocycles. The molecule has 0 bridgehead atoms. The van der Waals surface area contributed by atoms with E-state index in [2.05, 4.69) is 28.2 Å². The Kier molecular flexibility index (Phi) is 6.85. The number of para-hydroxylation sites is 3. The Morgan fingerprint density at radius 3 is 2.61 bits per heavy atom. The van der Waals surface area contributed by atoms with E-state index in [9.17, 15) is 4.79 Å². The van der Waals surface area contributed by atoms with Gasteiger partial charge in [-0.1, -0.05) is 60.1 Å². The van der Waals surface area contributed by atoms with E-state index >= 15 is 0 Å². The topological polar surface area (TPSA) is 43.3 Å². The summed E-state index contributed by atoms with van der Waals surface area (Å²) in [7, 11) is 0. The molecule has 0 aliphatic rings. The van der Waals surface area contributed by atoms with Crippen LogP contribution in [0.15, 0.2) is 83.9 Å². The minimum Gasteiger partial charge on any atom is -0.492 e. The third-order valence-corrected chi connectivity index (χ3v) is 6.28. The predicted octanol–water partition coefficient (Wildman–Crippen LogP) is 6.47. The molecule has 0 aliphatic carbocycles. The normalized spacial score (nSPS) is 10.9. The molecule has 0 spiro atoms. The lowest BCUT2D eigenvalue weighted by atomic mass is 10.2. The van der Waals surface area contributed by atoms with Crippen molar-refractivity contribution in [2.24, 2.45) is 0 Å². The van der Waals surface area contributed by atoms with Crippen molar-refractivity contribution in [3.63, 3.8) is 0 Å². The number of ether oxygens (including phenoxy) is 1. The van der Waals surface area contributed by atoms with Crippen LogP contribution in [0.4, 0.5) is 5.69 Å². The molecule has 0 aliphatic heterocycles. The number of nitrogens with zero attached hydrogens (tertiary/aromatic N) is 1. The molecule has 1 N–H and O–H groups in total. The number of hydrogen-bond donors (Lipinski definition) is 1. The highest BCUT2D eigenvalue weighted by Gasteiger charge is 2.13. The van der Waals surface area contributed by atoms with Crippen LogP contribution in [0.25, 0.3) is 10.9 Å². The number of benzene rings is 3. The molecule has 158 valence electrons. The quantitative estimate of drug-likeness (QED) is 0.313. The summed E-state index contributed by atoms with van der Waals surface area (Å²) in [6.45, 7) is 3.15. The van der Waals surface area contributed by atoms with Crippen molar-refractivity contribution >= 4 is 45.9 Å². The fraction of sp³-hybridized carbons (Fsp3) is 0.160. The van der Waals surface area contributed by atoms with Gasteiger partial charge in [0.05, 0.1) is 18.0 Å². The molecule has 1 aromatic heterocycles. The van der Waals surface area contributed by atoms with Gasteiger partial charge in [-0.3, -0.25) is 4.79 Å². The van der Waals surface area contributed by atoms with E-state index in [1.54, 1.807) is 0 Å². The number of hydrogen-bond acceptors (Lipinski definition) is 3. The highest BCUT2D eigenvalue weighted by molar-refractivity contribution is 8.00. The standard InChI is InChI=1S/C25H23ClN2O2S/c1-2-30-23-14-8-6-12-21(23)27-25(29)17-31-24-16-28(22-13-7-4-10-19(22)24)15-18-9-3-5-11-20(18)26/h3-14,16H,2,15,17H2,1H3,(H,27,29). The number of nitrogens with one attached hydrogen (secondary N) is 1. The van der Waals surface area contributed by atoms with Crippen LogP contribution in [-0.2, 0) is 11.3 Å². The Morgan fingerprint density at radius 1 is 1.03 bits per heavy atom. The SMILES string of the molecule is CCOc1ccccc1NC(=O)CSc1cn(Cc2ccccc2Cl)c2ccccc12. The van der Waals surface area contributed by atoms with Crippen LogP contribution >= 0.6 is 23.4 Å². The van der Waals surface area contributed by atoms with Gasteiger partial charge < -0.3 is 14.6 Å². The zero-order chi connectivity index (χ0) is 21.6. The fourth-order valence-corrected chi connectivity index (χ4v) is 4.53. The fourth-order valence-electron chi connectivity index (χ4n) is 3.45. The Hall–Kier alpha value is -2.89. The van der Waals surface area contributed by atoms with Gasteiger partial charge in [-0.05, 0) is 36.8 Å². The Bertz CT molecular complexity index is 1210. The highest BCUT2D eigenvalue weighted by Crippen LogP contribution is 2.32. The van der Waals surface area contributed by atoms with E-state index in [0.29, 0.717) is 30.3 Å². The molecule has 0 fully saturated rings. The van der Waals surface area contributed by atoms with E-state index in [4.69, 9.17) is 16.3 Å². The lowest BCUT2D eigenvalue weighted by Crippen LogP contribution is -2.14. The first kappa shape index (κ1) is 21.3. The van der Waals surface area contributed by atoms with Crippen LogP contribution in [0.2, 0.25) is 5.02 Å². The molecule has 4 aromatic rings. The number of fused-ring (bicyclic) bond motifs is 1. The first-order valence-electron chi connectivity index (χ1n) is 10.1. The summed E-state index contributed by atoms with van der Waals surface area (Å²) in [6.07, 6.45) is 2.10.